The fourth-order valence-electron chi connectivity index (χ4n) is 4.94. The Labute approximate surface area is 251 Å². The molecule has 0 atom stereocenters. The van der Waals surface area contributed by atoms with E-state index in [2.05, 4.69) is 75.2 Å². The van der Waals surface area contributed by atoms with Gasteiger partial charge < -0.3 is 16.0 Å². The summed E-state index contributed by atoms with van der Waals surface area (Å²) in [6, 6.07) is 21.1. The third kappa shape index (κ3) is 6.39. The molecule has 43 heavy (non-hydrogen) atoms. The van der Waals surface area contributed by atoms with Gasteiger partial charge in [-0.3, -0.25) is 10.3 Å². The second-order valence-electron chi connectivity index (χ2n) is 11.7. The number of fused-ring (bicyclic) bond motifs is 1. The molecular formula is C33H35N9O. The first kappa shape index (κ1) is 28.0. The second kappa shape index (κ2) is 11.7. The molecule has 0 saturated carbocycles. The van der Waals surface area contributed by atoms with Crippen LogP contribution in [0.2, 0.25) is 0 Å². The van der Waals surface area contributed by atoms with E-state index in [0.29, 0.717) is 23.1 Å². The fourth-order valence-corrected chi connectivity index (χ4v) is 4.94. The zero-order valence-corrected chi connectivity index (χ0v) is 24.8. The van der Waals surface area contributed by atoms with E-state index in [9.17, 15) is 4.79 Å². The summed E-state index contributed by atoms with van der Waals surface area (Å²) in [5, 5.41) is 17.6. The van der Waals surface area contributed by atoms with E-state index in [0.717, 1.165) is 47.8 Å². The van der Waals surface area contributed by atoms with Gasteiger partial charge in [-0.1, -0.05) is 39.0 Å². The third-order valence-electron chi connectivity index (χ3n) is 7.37. The summed E-state index contributed by atoms with van der Waals surface area (Å²) in [6.07, 6.45) is 4.39. The lowest BCUT2D eigenvalue weighted by Gasteiger charge is -2.19. The Morgan fingerprint density at radius 1 is 0.907 bits per heavy atom. The molecule has 2 amide bonds. The number of aromatic nitrogens is 5. The zero-order chi connectivity index (χ0) is 30.0. The van der Waals surface area contributed by atoms with Gasteiger partial charge >= 0.3 is 6.03 Å². The van der Waals surface area contributed by atoms with Crippen LogP contribution in [-0.4, -0.2) is 37.3 Å². The van der Waals surface area contributed by atoms with Crippen molar-refractivity contribution < 1.29 is 4.79 Å². The number of hydrogen-bond donors (Lipinski definition) is 4. The number of hydrogen-bond acceptors (Lipinski definition) is 7. The molecule has 10 heteroatoms. The number of carbonyl (C=O) groups excluding carboxylic acids is 1. The Bertz CT molecular complexity index is 1770. The van der Waals surface area contributed by atoms with Gasteiger partial charge in [0, 0.05) is 41.8 Å². The van der Waals surface area contributed by atoms with Crippen molar-refractivity contribution in [3.05, 3.63) is 102 Å². The predicted molar refractivity (Wildman–Crippen MR) is 170 cm³/mol. The van der Waals surface area contributed by atoms with Gasteiger partial charge in [-0.05, 0) is 79.0 Å². The number of urea groups is 1. The largest absolute Gasteiger partial charge is 0.324 e. The molecule has 6 rings (SSSR count). The number of aryl methyl sites for hydroxylation is 1. The second-order valence-corrected chi connectivity index (χ2v) is 11.7. The van der Waals surface area contributed by atoms with Crippen molar-refractivity contribution >= 4 is 29.2 Å². The molecule has 10 nitrogen and oxygen atoms in total. The Balaban J connectivity index is 1.21. The van der Waals surface area contributed by atoms with Crippen LogP contribution in [0.25, 0.3) is 17.1 Å². The van der Waals surface area contributed by atoms with E-state index in [4.69, 9.17) is 5.10 Å². The quantitative estimate of drug-likeness (QED) is 0.186. The molecule has 2 aromatic carbocycles. The number of carbonyl (C=O) groups is 1. The molecule has 0 saturated heterocycles. The van der Waals surface area contributed by atoms with Crippen molar-refractivity contribution in [3.63, 3.8) is 0 Å². The average molecular weight is 574 g/mol. The number of amides is 2. The summed E-state index contributed by atoms with van der Waals surface area (Å²) in [6.45, 7) is 10.1. The molecule has 5 aromatic rings. The van der Waals surface area contributed by atoms with Crippen molar-refractivity contribution in [1.82, 2.24) is 30.0 Å². The van der Waals surface area contributed by atoms with Crippen LogP contribution in [0.15, 0.2) is 79.1 Å². The van der Waals surface area contributed by atoms with Crippen molar-refractivity contribution in [2.45, 2.75) is 46.1 Å². The Morgan fingerprint density at radius 2 is 1.79 bits per heavy atom. The summed E-state index contributed by atoms with van der Waals surface area (Å²) in [5.41, 5.74) is 8.06. The molecule has 0 fully saturated rings. The number of rotatable bonds is 6. The number of nitrogens with zero attached hydrogens (tertiary/aromatic N) is 5. The standard InChI is InChI=1S/C33H35N9O/c1-21-8-10-24(18-28(21)39-31-36-16-13-27(38-31)26-7-5-6-14-35-26)37-32(43)40-30-19-29(33(2,3)4)41-42(30)25-11-9-23-20-34-15-12-22(23)17-25/h5-11,13-14,16-19,34H,12,15,20H2,1-4H3,(H,36,38,39)(H2,37,40,43). The molecule has 0 spiro atoms. The normalized spacial score (nSPS) is 12.8. The molecule has 1 aliphatic rings. The van der Waals surface area contributed by atoms with E-state index < -0.39 is 0 Å². The van der Waals surface area contributed by atoms with Gasteiger partial charge in [-0.2, -0.15) is 5.10 Å². The molecule has 4 N–H and O–H groups in total. The number of benzene rings is 2. The topological polar surface area (TPSA) is 122 Å². The van der Waals surface area contributed by atoms with Gasteiger partial charge in [0.15, 0.2) is 0 Å². The van der Waals surface area contributed by atoms with Gasteiger partial charge in [0.1, 0.15) is 5.82 Å². The minimum absolute atomic E-state index is 0.191. The van der Waals surface area contributed by atoms with E-state index in [1.807, 2.05) is 60.1 Å². The van der Waals surface area contributed by atoms with Gasteiger partial charge in [0.25, 0.3) is 0 Å². The lowest BCUT2D eigenvalue weighted by molar-refractivity contribution is 0.262. The Morgan fingerprint density at radius 3 is 2.60 bits per heavy atom. The summed E-state index contributed by atoms with van der Waals surface area (Å²) >= 11 is 0. The molecule has 1 aliphatic heterocycles. The summed E-state index contributed by atoms with van der Waals surface area (Å²) in [5.74, 6) is 1.04. The summed E-state index contributed by atoms with van der Waals surface area (Å²) in [7, 11) is 0. The highest BCUT2D eigenvalue weighted by Gasteiger charge is 2.22. The summed E-state index contributed by atoms with van der Waals surface area (Å²) < 4.78 is 1.82. The van der Waals surface area contributed by atoms with E-state index in [1.54, 1.807) is 12.4 Å². The maximum Gasteiger partial charge on any atom is 0.324 e. The van der Waals surface area contributed by atoms with Crippen LogP contribution in [0, 0.1) is 6.92 Å². The van der Waals surface area contributed by atoms with Crippen LogP contribution >= 0.6 is 0 Å². The minimum atomic E-state index is -0.369. The highest BCUT2D eigenvalue weighted by Crippen LogP contribution is 2.29. The molecule has 3 aromatic heterocycles. The van der Waals surface area contributed by atoms with Crippen molar-refractivity contribution in [3.8, 4) is 17.1 Å². The molecular weight excluding hydrogens is 538 g/mol. The van der Waals surface area contributed by atoms with Crippen LogP contribution in [0.4, 0.5) is 27.9 Å². The van der Waals surface area contributed by atoms with E-state index >= 15 is 0 Å². The Kier molecular flexibility index (Phi) is 7.60. The van der Waals surface area contributed by atoms with Crippen LogP contribution in [-0.2, 0) is 18.4 Å². The average Bonchev–Trinajstić information content (AvgIpc) is 3.43. The van der Waals surface area contributed by atoms with Crippen LogP contribution in [0.1, 0.15) is 43.2 Å². The molecule has 218 valence electrons. The van der Waals surface area contributed by atoms with Gasteiger partial charge in [-0.15, -0.1) is 0 Å². The van der Waals surface area contributed by atoms with Crippen LogP contribution in [0.5, 0.6) is 0 Å². The number of pyridine rings is 1. The summed E-state index contributed by atoms with van der Waals surface area (Å²) in [4.78, 5) is 26.7. The predicted octanol–water partition coefficient (Wildman–Crippen LogP) is 6.36. The van der Waals surface area contributed by atoms with Crippen molar-refractivity contribution in [2.75, 3.05) is 22.5 Å². The van der Waals surface area contributed by atoms with E-state index in [-0.39, 0.29) is 11.4 Å². The number of nitrogens with one attached hydrogen (secondary N) is 4. The molecule has 0 bridgehead atoms. The van der Waals surface area contributed by atoms with Crippen LogP contribution < -0.4 is 21.3 Å². The molecule has 0 aliphatic carbocycles. The third-order valence-corrected chi connectivity index (χ3v) is 7.37. The first-order valence-corrected chi connectivity index (χ1v) is 14.4. The van der Waals surface area contributed by atoms with Crippen LogP contribution in [0.3, 0.4) is 0 Å². The number of anilines is 4. The maximum absolute atomic E-state index is 13.3. The monoisotopic (exact) mass is 573 g/mol. The van der Waals surface area contributed by atoms with Crippen molar-refractivity contribution in [1.29, 1.82) is 0 Å². The SMILES string of the molecule is Cc1ccc(NC(=O)Nc2cc(C(C)(C)C)nn2-c2ccc3c(c2)CCNC3)cc1Nc1nccc(-c2ccccn2)n1. The Hall–Kier alpha value is -5.09. The highest BCUT2D eigenvalue weighted by atomic mass is 16.2. The van der Waals surface area contributed by atoms with E-state index in [1.165, 1.54) is 11.1 Å². The maximum atomic E-state index is 13.3. The fraction of sp³-hybridized carbons (Fsp3) is 0.242. The first-order valence-electron chi connectivity index (χ1n) is 14.4. The lowest BCUT2D eigenvalue weighted by atomic mass is 9.92. The molecule has 0 radical (unpaired) electrons. The van der Waals surface area contributed by atoms with Gasteiger partial charge in [0.2, 0.25) is 5.95 Å². The highest BCUT2D eigenvalue weighted by molar-refractivity contribution is 5.99. The molecule has 4 heterocycles. The van der Waals surface area contributed by atoms with Gasteiger partial charge in [0.05, 0.1) is 22.8 Å². The van der Waals surface area contributed by atoms with Gasteiger partial charge in [-0.25, -0.2) is 19.4 Å². The lowest BCUT2D eigenvalue weighted by Crippen LogP contribution is -2.24. The minimum Gasteiger partial charge on any atom is -0.324 e. The first-order chi connectivity index (χ1) is 20.7. The van der Waals surface area contributed by atoms with Crippen molar-refractivity contribution in [2.24, 2.45) is 0 Å². The zero-order valence-electron chi connectivity index (χ0n) is 24.8. The molecule has 0 unspecified atom stereocenters. The smallest absolute Gasteiger partial charge is 0.324 e.